The zero-order valence-electron chi connectivity index (χ0n) is 29.8. The average molecular weight is 803 g/mol. The van der Waals surface area contributed by atoms with Gasteiger partial charge in [0.15, 0.2) is 0 Å². The molecular weight excluding hydrogens is 763 g/mol. The second-order valence-electron chi connectivity index (χ2n) is 13.4. The normalized spacial score (nSPS) is 17.6. The Labute approximate surface area is 315 Å². The number of nitrogens with zero attached hydrogens (tertiary/aromatic N) is 3. The van der Waals surface area contributed by atoms with Gasteiger partial charge in [0.25, 0.3) is 0 Å². The van der Waals surface area contributed by atoms with Gasteiger partial charge in [-0.2, -0.15) is 0 Å². The van der Waals surface area contributed by atoms with Crippen molar-refractivity contribution in [3.8, 4) is 28.4 Å². The largest absolute Gasteiger partial charge is 0.573 e. The van der Waals surface area contributed by atoms with Crippen LogP contribution in [0, 0.1) is 0 Å². The molecule has 3 heterocycles. The van der Waals surface area contributed by atoms with Crippen molar-refractivity contribution >= 4 is 16.8 Å². The van der Waals surface area contributed by atoms with Gasteiger partial charge in [-0.25, -0.2) is 0 Å². The third kappa shape index (κ3) is 11.4. The van der Waals surface area contributed by atoms with E-state index in [2.05, 4.69) is 35.1 Å². The number of aryl methyl sites for hydroxylation is 1. The number of carbonyl (C=O) groups is 1. The van der Waals surface area contributed by atoms with Crippen LogP contribution in [0.3, 0.4) is 0 Å². The summed E-state index contributed by atoms with van der Waals surface area (Å²) in [7, 11) is 0. The molecule has 304 valence electrons. The zero-order valence-corrected chi connectivity index (χ0v) is 29.8. The molecule has 10 nitrogen and oxygen atoms in total. The number of benzene rings is 3. The lowest BCUT2D eigenvalue weighted by molar-refractivity contribution is -0.277. The number of hydrogen-bond donors (Lipinski definition) is 3. The maximum atomic E-state index is 13.1. The van der Waals surface area contributed by atoms with E-state index in [4.69, 9.17) is 0 Å². The van der Waals surface area contributed by atoms with Gasteiger partial charge in [-0.05, 0) is 53.9 Å². The van der Waals surface area contributed by atoms with Gasteiger partial charge in [0.1, 0.15) is 17.2 Å². The fourth-order valence-corrected chi connectivity index (χ4v) is 6.85. The quantitative estimate of drug-likeness (QED) is 0.106. The molecule has 0 bridgehead atoms. The highest BCUT2D eigenvalue weighted by Gasteiger charge is 2.36. The van der Waals surface area contributed by atoms with E-state index in [1.165, 1.54) is 12.1 Å². The Kier molecular flexibility index (Phi) is 12.6. The Hall–Kier alpha value is -4.72. The number of aromatic nitrogens is 1. The monoisotopic (exact) mass is 802 g/mol. The van der Waals surface area contributed by atoms with E-state index in [0.717, 1.165) is 46.8 Å². The maximum Gasteiger partial charge on any atom is 0.573 e. The predicted molar refractivity (Wildman–Crippen MR) is 187 cm³/mol. The molecule has 2 aliphatic heterocycles. The molecule has 1 amide bonds. The summed E-state index contributed by atoms with van der Waals surface area (Å²) in [6, 6.07) is 14.0. The molecule has 0 aliphatic carbocycles. The zero-order chi connectivity index (χ0) is 40.1. The van der Waals surface area contributed by atoms with Gasteiger partial charge >= 0.3 is 19.1 Å². The van der Waals surface area contributed by atoms with Crippen LogP contribution in [-0.2, 0) is 24.4 Å². The standard InChI is InChI=1S/C37H39F9N6O4/c38-35(39,40)54-26-8-6-25(7-9-26)28-23-52(14-2-11-49-34(53)30-20-47-12-13-48-30)31-10-5-24(19-27(28)31)21-50-15-17-51(18-16-50)22-29-32(55-36(41,42)43)3-1-4-33(29)56-37(44,45)46/h1,3-10,19,23,30,47-48H,2,11-18,20-22H2,(H,49,53). The van der Waals surface area contributed by atoms with E-state index in [9.17, 15) is 44.3 Å². The van der Waals surface area contributed by atoms with Crippen molar-refractivity contribution in [3.05, 3.63) is 78.0 Å². The minimum absolute atomic E-state index is 0.0950. The predicted octanol–water partition coefficient (Wildman–Crippen LogP) is 6.39. The van der Waals surface area contributed by atoms with Crippen molar-refractivity contribution in [1.82, 2.24) is 30.3 Å². The molecule has 0 spiro atoms. The Bertz CT molecular complexity index is 1900. The number of hydrogen-bond acceptors (Lipinski definition) is 8. The summed E-state index contributed by atoms with van der Waals surface area (Å²) in [4.78, 5) is 16.4. The van der Waals surface area contributed by atoms with Crippen LogP contribution in [0.4, 0.5) is 39.5 Å². The molecule has 2 aliphatic rings. The Morgan fingerprint density at radius 3 is 1.98 bits per heavy atom. The first-order valence-electron chi connectivity index (χ1n) is 17.8. The van der Waals surface area contributed by atoms with E-state index >= 15 is 0 Å². The first kappa shape index (κ1) is 40.9. The molecule has 1 atom stereocenters. The van der Waals surface area contributed by atoms with E-state index in [-0.39, 0.29) is 29.8 Å². The number of fused-ring (bicyclic) bond motifs is 1. The number of amides is 1. The van der Waals surface area contributed by atoms with Gasteiger partial charge in [0.05, 0.1) is 11.6 Å². The second-order valence-corrected chi connectivity index (χ2v) is 13.4. The number of alkyl halides is 9. The Morgan fingerprint density at radius 2 is 1.39 bits per heavy atom. The third-order valence-electron chi connectivity index (χ3n) is 9.37. The fraction of sp³-hybridized carbons (Fsp3) is 0.432. The molecule has 0 saturated carbocycles. The van der Waals surface area contributed by atoms with Crippen molar-refractivity contribution in [2.45, 2.75) is 51.2 Å². The van der Waals surface area contributed by atoms with Gasteiger partial charge < -0.3 is 34.7 Å². The highest BCUT2D eigenvalue weighted by molar-refractivity contribution is 5.96. The number of ether oxygens (including phenoxy) is 3. The molecule has 6 rings (SSSR count). The molecule has 1 unspecified atom stereocenters. The first-order chi connectivity index (χ1) is 26.5. The number of halogens is 9. The van der Waals surface area contributed by atoms with Crippen LogP contribution in [0.25, 0.3) is 22.0 Å². The molecule has 56 heavy (non-hydrogen) atoms. The van der Waals surface area contributed by atoms with Crippen LogP contribution in [0.15, 0.2) is 66.9 Å². The second kappa shape index (κ2) is 17.2. The number of carbonyl (C=O) groups excluding carboxylic acids is 1. The third-order valence-corrected chi connectivity index (χ3v) is 9.37. The summed E-state index contributed by atoms with van der Waals surface area (Å²) < 4.78 is 131. The van der Waals surface area contributed by atoms with Gasteiger partial charge in [-0.15, -0.1) is 39.5 Å². The minimum atomic E-state index is -5.13. The molecule has 2 saturated heterocycles. The average Bonchev–Trinajstić information content (AvgIpc) is 3.48. The first-order valence-corrected chi connectivity index (χ1v) is 17.8. The van der Waals surface area contributed by atoms with E-state index in [0.29, 0.717) is 70.9 Å². The van der Waals surface area contributed by atoms with Crippen molar-refractivity contribution in [2.75, 3.05) is 52.4 Å². The van der Waals surface area contributed by atoms with Crippen molar-refractivity contribution in [3.63, 3.8) is 0 Å². The van der Waals surface area contributed by atoms with E-state index < -0.39 is 30.6 Å². The molecule has 3 N–H and O–H groups in total. The Balaban J connectivity index is 1.15. The SMILES string of the molecule is O=C(NCCCn1cc(-c2ccc(OC(F)(F)F)cc2)c2cc(CN3CCN(Cc4c(OC(F)(F)F)cccc4OC(F)(F)F)CC3)ccc21)C1CNCCN1. The van der Waals surface area contributed by atoms with Gasteiger partial charge in [0, 0.05) is 94.7 Å². The van der Waals surface area contributed by atoms with Crippen LogP contribution in [-0.4, -0.2) is 97.8 Å². The molecule has 4 aromatic rings. The van der Waals surface area contributed by atoms with Gasteiger partial charge in [-0.1, -0.05) is 24.3 Å². The summed E-state index contributed by atoms with van der Waals surface area (Å²) in [5, 5.41) is 10.1. The topological polar surface area (TPSA) is 92.3 Å². The lowest BCUT2D eigenvalue weighted by Crippen LogP contribution is -2.55. The summed E-state index contributed by atoms with van der Waals surface area (Å²) in [6.07, 6.45) is -12.6. The molecule has 2 fully saturated rings. The van der Waals surface area contributed by atoms with Crippen molar-refractivity contribution in [2.24, 2.45) is 0 Å². The van der Waals surface area contributed by atoms with Crippen LogP contribution >= 0.6 is 0 Å². The van der Waals surface area contributed by atoms with E-state index in [1.54, 1.807) is 17.0 Å². The Morgan fingerprint density at radius 1 is 0.768 bits per heavy atom. The van der Waals surface area contributed by atoms with Gasteiger partial charge in [0.2, 0.25) is 5.91 Å². The summed E-state index contributed by atoms with van der Waals surface area (Å²) in [5.41, 5.74) is 2.82. The smallest absolute Gasteiger partial charge is 0.406 e. The van der Waals surface area contributed by atoms with Crippen LogP contribution < -0.4 is 30.2 Å². The molecule has 0 radical (unpaired) electrons. The molecule has 19 heteroatoms. The highest BCUT2D eigenvalue weighted by atomic mass is 19.4. The lowest BCUT2D eigenvalue weighted by atomic mass is 10.0. The molecule has 3 aromatic carbocycles. The van der Waals surface area contributed by atoms with Gasteiger partial charge in [-0.3, -0.25) is 14.6 Å². The molecule has 1 aromatic heterocycles. The lowest BCUT2D eigenvalue weighted by Gasteiger charge is -2.35. The summed E-state index contributed by atoms with van der Waals surface area (Å²) in [6.45, 7) is 4.73. The highest BCUT2D eigenvalue weighted by Crippen LogP contribution is 2.37. The van der Waals surface area contributed by atoms with Crippen molar-refractivity contribution < 1.29 is 58.5 Å². The summed E-state index contributed by atoms with van der Waals surface area (Å²) >= 11 is 0. The number of piperazine rings is 2. The summed E-state index contributed by atoms with van der Waals surface area (Å²) in [5.74, 6) is -2.01. The number of rotatable bonds is 13. The van der Waals surface area contributed by atoms with E-state index in [1.807, 2.05) is 29.0 Å². The maximum absolute atomic E-state index is 13.1. The number of nitrogens with one attached hydrogen (secondary N) is 3. The van der Waals surface area contributed by atoms with Crippen molar-refractivity contribution in [1.29, 1.82) is 0 Å². The molecular formula is C37H39F9N6O4. The minimum Gasteiger partial charge on any atom is -0.406 e. The van der Waals surface area contributed by atoms with Crippen LogP contribution in [0.5, 0.6) is 17.2 Å². The van der Waals surface area contributed by atoms with Crippen LogP contribution in [0.2, 0.25) is 0 Å². The van der Waals surface area contributed by atoms with Crippen LogP contribution in [0.1, 0.15) is 17.5 Å². The fourth-order valence-electron chi connectivity index (χ4n) is 6.85.